The molecule has 1 aromatic heterocycles. The van der Waals surface area contributed by atoms with Gasteiger partial charge < -0.3 is 19.8 Å². The van der Waals surface area contributed by atoms with E-state index in [9.17, 15) is 27.2 Å². The molecule has 186 valence electrons. The largest absolute Gasteiger partial charge is 0.573 e. The number of ether oxygens (including phenoxy) is 2. The first-order valence-electron chi connectivity index (χ1n) is 10.5. The number of aromatic amines is 1. The quantitative estimate of drug-likeness (QED) is 0.450. The van der Waals surface area contributed by atoms with Crippen LogP contribution in [-0.4, -0.2) is 29.3 Å². The van der Waals surface area contributed by atoms with E-state index in [4.69, 9.17) is 4.74 Å². The summed E-state index contributed by atoms with van der Waals surface area (Å²) < 4.78 is 60.0. The van der Waals surface area contributed by atoms with Crippen molar-refractivity contribution in [3.8, 4) is 11.5 Å². The number of aromatic nitrogens is 2. The molecule has 1 unspecified atom stereocenters. The second-order valence-electron chi connectivity index (χ2n) is 8.03. The van der Waals surface area contributed by atoms with Crippen molar-refractivity contribution in [3.05, 3.63) is 87.3 Å². The van der Waals surface area contributed by atoms with E-state index in [0.717, 1.165) is 18.2 Å². The molecule has 0 saturated heterocycles. The monoisotopic (exact) mass is 493 g/mol. The van der Waals surface area contributed by atoms with E-state index in [1.807, 2.05) is 13.8 Å². The van der Waals surface area contributed by atoms with Gasteiger partial charge in [-0.2, -0.15) is 0 Å². The van der Waals surface area contributed by atoms with E-state index in [2.05, 4.69) is 20.0 Å². The van der Waals surface area contributed by atoms with Gasteiger partial charge in [0.05, 0.1) is 13.2 Å². The lowest BCUT2D eigenvalue weighted by Gasteiger charge is -2.23. The van der Waals surface area contributed by atoms with E-state index in [1.165, 1.54) is 31.4 Å². The van der Waals surface area contributed by atoms with Gasteiger partial charge in [-0.05, 0) is 41.3 Å². The van der Waals surface area contributed by atoms with Crippen LogP contribution in [0.3, 0.4) is 0 Å². The maximum Gasteiger partial charge on any atom is 0.573 e. The summed E-state index contributed by atoms with van der Waals surface area (Å²) >= 11 is 0. The Morgan fingerprint density at radius 2 is 1.80 bits per heavy atom. The van der Waals surface area contributed by atoms with E-state index in [-0.39, 0.29) is 35.4 Å². The third kappa shape index (κ3) is 7.05. The molecule has 0 bridgehead atoms. The first-order chi connectivity index (χ1) is 16.4. The average Bonchev–Trinajstić information content (AvgIpc) is 2.76. The lowest BCUT2D eigenvalue weighted by atomic mass is 9.95. The summed E-state index contributed by atoms with van der Waals surface area (Å²) in [6.07, 6.45) is -4.75. The fourth-order valence-electron chi connectivity index (χ4n) is 3.45. The molecule has 0 saturated carbocycles. The van der Waals surface area contributed by atoms with Crippen molar-refractivity contribution in [2.75, 3.05) is 7.11 Å². The molecule has 1 atom stereocenters. The molecule has 2 aromatic carbocycles. The van der Waals surface area contributed by atoms with Gasteiger partial charge in [0.25, 0.3) is 11.5 Å². The molecule has 2 N–H and O–H groups in total. The summed E-state index contributed by atoms with van der Waals surface area (Å²) in [6.45, 7) is 3.64. The molecule has 1 heterocycles. The lowest BCUT2D eigenvalue weighted by molar-refractivity contribution is -0.274. The lowest BCUT2D eigenvalue weighted by Crippen LogP contribution is -2.33. The van der Waals surface area contributed by atoms with Crippen LogP contribution in [0.2, 0.25) is 0 Å². The van der Waals surface area contributed by atoms with Gasteiger partial charge in [0.1, 0.15) is 17.3 Å². The van der Waals surface area contributed by atoms with Crippen molar-refractivity contribution in [1.82, 2.24) is 15.3 Å². The Morgan fingerprint density at radius 1 is 1.11 bits per heavy atom. The summed E-state index contributed by atoms with van der Waals surface area (Å²) in [6, 6.07) is 9.89. The van der Waals surface area contributed by atoms with Gasteiger partial charge in [-0.3, -0.25) is 9.59 Å². The van der Waals surface area contributed by atoms with Crippen LogP contribution in [0.25, 0.3) is 0 Å². The topological polar surface area (TPSA) is 93.3 Å². The molecular formula is C24H23F4N3O4. The van der Waals surface area contributed by atoms with Gasteiger partial charge in [0.15, 0.2) is 11.6 Å². The number of halogens is 4. The maximum absolute atomic E-state index is 14.0. The number of rotatable bonds is 8. The Morgan fingerprint density at radius 3 is 2.37 bits per heavy atom. The van der Waals surface area contributed by atoms with Gasteiger partial charge in [0, 0.05) is 12.5 Å². The highest BCUT2D eigenvalue weighted by Gasteiger charge is 2.31. The molecule has 3 rings (SSSR count). The van der Waals surface area contributed by atoms with Crippen LogP contribution < -0.4 is 20.3 Å². The van der Waals surface area contributed by atoms with Gasteiger partial charge in [-0.15, -0.1) is 13.2 Å². The molecule has 0 radical (unpaired) electrons. The molecule has 0 aliphatic heterocycles. The van der Waals surface area contributed by atoms with E-state index in [1.54, 1.807) is 6.07 Å². The Hall–Kier alpha value is -3.89. The standard InChI is InChI=1S/C24H23F4N3O4/c1-13(2)22(15-5-7-16(8-6-15)35-24(26,27)28)31-23(33)18-12-21(32)30-20(29-18)11-14-4-9-19(34-3)17(25)10-14/h4-10,12-13,22H,11H2,1-3H3,(H,31,33)(H,29,30,32). The van der Waals surface area contributed by atoms with Crippen molar-refractivity contribution >= 4 is 5.91 Å². The number of benzene rings is 2. The molecule has 7 nitrogen and oxygen atoms in total. The van der Waals surface area contributed by atoms with Crippen molar-refractivity contribution in [2.24, 2.45) is 5.92 Å². The Balaban J connectivity index is 1.79. The molecule has 0 aliphatic rings. The molecule has 0 fully saturated rings. The highest BCUT2D eigenvalue weighted by atomic mass is 19.4. The van der Waals surface area contributed by atoms with Crippen molar-refractivity contribution < 1.29 is 31.8 Å². The zero-order chi connectivity index (χ0) is 25.8. The minimum Gasteiger partial charge on any atom is -0.494 e. The van der Waals surface area contributed by atoms with Crippen LogP contribution in [0.1, 0.15) is 47.3 Å². The minimum atomic E-state index is -4.81. The number of alkyl halides is 3. The zero-order valence-corrected chi connectivity index (χ0v) is 19.1. The van der Waals surface area contributed by atoms with Gasteiger partial charge in [0.2, 0.25) is 0 Å². The smallest absolute Gasteiger partial charge is 0.494 e. The number of carbonyl (C=O) groups is 1. The second-order valence-corrected chi connectivity index (χ2v) is 8.03. The van der Waals surface area contributed by atoms with E-state index < -0.39 is 29.7 Å². The molecule has 11 heteroatoms. The number of nitrogens with zero attached hydrogens (tertiary/aromatic N) is 1. The van der Waals surface area contributed by atoms with Gasteiger partial charge in [-0.1, -0.05) is 32.0 Å². The first kappa shape index (κ1) is 25.7. The third-order valence-corrected chi connectivity index (χ3v) is 5.04. The Kier molecular flexibility index (Phi) is 7.78. The molecule has 1 amide bonds. The number of nitrogens with one attached hydrogen (secondary N) is 2. The summed E-state index contributed by atoms with van der Waals surface area (Å²) in [7, 11) is 1.34. The van der Waals surface area contributed by atoms with Gasteiger partial charge >= 0.3 is 6.36 Å². The van der Waals surface area contributed by atoms with Crippen molar-refractivity contribution in [3.63, 3.8) is 0 Å². The number of methoxy groups -OCH3 is 1. The van der Waals surface area contributed by atoms with E-state index >= 15 is 0 Å². The third-order valence-electron chi connectivity index (χ3n) is 5.04. The van der Waals surface area contributed by atoms with Crippen LogP contribution in [0.15, 0.2) is 53.3 Å². The Labute approximate surface area is 198 Å². The van der Waals surface area contributed by atoms with Crippen molar-refractivity contribution in [1.29, 1.82) is 0 Å². The van der Waals surface area contributed by atoms with Crippen LogP contribution >= 0.6 is 0 Å². The summed E-state index contributed by atoms with van der Waals surface area (Å²) in [5.74, 6) is -1.52. The molecule has 0 aliphatic carbocycles. The SMILES string of the molecule is COc1ccc(Cc2nc(C(=O)NC(c3ccc(OC(F)(F)F)cc3)C(C)C)cc(=O)[nH]2)cc1F. The normalized spacial score (nSPS) is 12.3. The molecule has 35 heavy (non-hydrogen) atoms. The number of hydrogen-bond donors (Lipinski definition) is 2. The van der Waals surface area contributed by atoms with Gasteiger partial charge in [-0.25, -0.2) is 9.37 Å². The van der Waals surface area contributed by atoms with Crippen molar-refractivity contribution in [2.45, 2.75) is 32.7 Å². The number of carbonyl (C=O) groups excluding carboxylic acids is 1. The summed E-state index contributed by atoms with van der Waals surface area (Å²) in [4.78, 5) is 31.8. The van der Waals surface area contributed by atoms with Crippen LogP contribution in [0, 0.1) is 11.7 Å². The van der Waals surface area contributed by atoms with E-state index in [0.29, 0.717) is 11.1 Å². The predicted molar refractivity (Wildman–Crippen MR) is 119 cm³/mol. The highest BCUT2D eigenvalue weighted by Crippen LogP contribution is 2.27. The highest BCUT2D eigenvalue weighted by molar-refractivity contribution is 5.92. The molecular weight excluding hydrogens is 470 g/mol. The predicted octanol–water partition coefficient (Wildman–Crippen LogP) is 4.53. The average molecular weight is 493 g/mol. The Bertz CT molecular complexity index is 1240. The second kappa shape index (κ2) is 10.6. The van der Waals surface area contributed by atoms with Crippen LogP contribution in [-0.2, 0) is 6.42 Å². The molecule has 0 spiro atoms. The maximum atomic E-state index is 14.0. The number of amides is 1. The summed E-state index contributed by atoms with van der Waals surface area (Å²) in [5, 5.41) is 2.77. The van der Waals surface area contributed by atoms with Crippen LogP contribution in [0.4, 0.5) is 17.6 Å². The van der Waals surface area contributed by atoms with Crippen LogP contribution in [0.5, 0.6) is 11.5 Å². The number of H-pyrrole nitrogens is 1. The fourth-order valence-corrected chi connectivity index (χ4v) is 3.45. The zero-order valence-electron chi connectivity index (χ0n) is 19.1. The first-order valence-corrected chi connectivity index (χ1v) is 10.5. The summed E-state index contributed by atoms with van der Waals surface area (Å²) in [5.41, 5.74) is 0.330. The minimum absolute atomic E-state index is 0.0611. The number of hydrogen-bond acceptors (Lipinski definition) is 5. The molecule has 3 aromatic rings. The fraction of sp³-hybridized carbons (Fsp3) is 0.292.